The Kier molecular flexibility index (Phi) is 4.78. The number of hydrogen-bond acceptors (Lipinski definition) is 4. The maximum atomic E-state index is 13.0. The lowest BCUT2D eigenvalue weighted by Gasteiger charge is -2.33. The summed E-state index contributed by atoms with van der Waals surface area (Å²) >= 11 is 0. The van der Waals surface area contributed by atoms with E-state index in [2.05, 4.69) is 15.3 Å². The monoisotopic (exact) mass is 400 g/mol. The van der Waals surface area contributed by atoms with Crippen molar-refractivity contribution >= 4 is 32.7 Å². The summed E-state index contributed by atoms with van der Waals surface area (Å²) in [5.74, 6) is -0.378. The summed E-state index contributed by atoms with van der Waals surface area (Å²) in [6.45, 7) is 0.305. The van der Waals surface area contributed by atoms with E-state index in [-0.39, 0.29) is 16.5 Å². The zero-order chi connectivity index (χ0) is 19.7. The van der Waals surface area contributed by atoms with E-state index in [1.165, 1.54) is 16.4 Å². The van der Waals surface area contributed by atoms with Gasteiger partial charge in [-0.15, -0.1) is 0 Å². The second-order valence-electron chi connectivity index (χ2n) is 6.77. The molecule has 3 aromatic rings. The van der Waals surface area contributed by atoms with E-state index >= 15 is 0 Å². The molecule has 2 heterocycles. The molecule has 28 heavy (non-hydrogen) atoms. The predicted molar refractivity (Wildman–Crippen MR) is 106 cm³/mol. The van der Waals surface area contributed by atoms with Crippen molar-refractivity contribution in [2.24, 2.45) is 0 Å². The molecular weight excluding hydrogens is 380 g/mol. The van der Waals surface area contributed by atoms with Gasteiger partial charge in [-0.2, -0.15) is 4.31 Å². The molecule has 1 aromatic heterocycles. The Morgan fingerprint density at radius 1 is 1.04 bits per heavy atom. The summed E-state index contributed by atoms with van der Waals surface area (Å²) < 4.78 is 27.4. The Hall–Kier alpha value is -2.91. The summed E-state index contributed by atoms with van der Waals surface area (Å²) in [4.78, 5) is 29.7. The number of sulfonamides is 1. The summed E-state index contributed by atoms with van der Waals surface area (Å²) in [7, 11) is -3.76. The Bertz CT molecular complexity index is 1170. The maximum absolute atomic E-state index is 13.0. The van der Waals surface area contributed by atoms with Crippen LogP contribution in [0.3, 0.4) is 0 Å². The lowest BCUT2D eigenvalue weighted by Crippen LogP contribution is -2.49. The zero-order valence-electron chi connectivity index (χ0n) is 15.0. The number of anilines is 1. The second kappa shape index (κ2) is 7.25. The number of nitrogens with zero attached hydrogens (tertiary/aromatic N) is 1. The van der Waals surface area contributed by atoms with Crippen LogP contribution in [-0.4, -0.2) is 41.2 Å². The smallest absolute Gasteiger partial charge is 0.323 e. The fraction of sp³-hybridized carbons (Fsp3) is 0.263. The largest absolute Gasteiger partial charge is 0.325 e. The minimum atomic E-state index is -3.76. The van der Waals surface area contributed by atoms with E-state index in [9.17, 15) is 18.0 Å². The van der Waals surface area contributed by atoms with Crippen LogP contribution in [0.2, 0.25) is 0 Å². The van der Waals surface area contributed by atoms with Gasteiger partial charge in [-0.3, -0.25) is 4.79 Å². The molecule has 1 atom stereocenters. The third kappa shape index (κ3) is 3.46. The second-order valence-corrected chi connectivity index (χ2v) is 8.66. The Labute approximate surface area is 161 Å². The quantitative estimate of drug-likeness (QED) is 0.621. The van der Waals surface area contributed by atoms with Crippen LogP contribution in [0, 0.1) is 0 Å². The van der Waals surface area contributed by atoms with E-state index in [0.29, 0.717) is 36.1 Å². The Morgan fingerprint density at radius 2 is 1.79 bits per heavy atom. The number of rotatable bonds is 4. The molecule has 146 valence electrons. The molecule has 3 N–H and O–H groups in total. The van der Waals surface area contributed by atoms with Gasteiger partial charge in [0.05, 0.1) is 15.9 Å². The minimum absolute atomic E-state index is 0.181. The van der Waals surface area contributed by atoms with Crippen molar-refractivity contribution < 1.29 is 13.2 Å². The number of imidazole rings is 1. The molecule has 4 rings (SSSR count). The van der Waals surface area contributed by atoms with E-state index in [4.69, 9.17) is 0 Å². The van der Waals surface area contributed by atoms with Crippen LogP contribution < -0.4 is 11.0 Å². The minimum Gasteiger partial charge on any atom is -0.325 e. The van der Waals surface area contributed by atoms with Crippen molar-refractivity contribution in [1.29, 1.82) is 0 Å². The molecule has 1 fully saturated rings. The molecule has 9 heteroatoms. The van der Waals surface area contributed by atoms with Crippen LogP contribution in [0.25, 0.3) is 11.0 Å². The van der Waals surface area contributed by atoms with E-state index in [1.54, 1.807) is 36.4 Å². The Morgan fingerprint density at radius 3 is 2.57 bits per heavy atom. The van der Waals surface area contributed by atoms with E-state index in [0.717, 1.165) is 6.42 Å². The maximum Gasteiger partial charge on any atom is 0.323 e. The van der Waals surface area contributed by atoms with Gasteiger partial charge in [-0.05, 0) is 43.2 Å². The van der Waals surface area contributed by atoms with Crippen LogP contribution in [-0.2, 0) is 14.8 Å². The van der Waals surface area contributed by atoms with Gasteiger partial charge in [0.1, 0.15) is 6.04 Å². The van der Waals surface area contributed by atoms with E-state index in [1.807, 2.05) is 0 Å². The molecule has 0 spiro atoms. The lowest BCUT2D eigenvalue weighted by molar-refractivity contribution is -0.120. The molecule has 0 bridgehead atoms. The van der Waals surface area contributed by atoms with Gasteiger partial charge in [0.2, 0.25) is 15.9 Å². The van der Waals surface area contributed by atoms with Gasteiger partial charge < -0.3 is 15.3 Å². The van der Waals surface area contributed by atoms with Crippen molar-refractivity contribution in [2.75, 3.05) is 11.9 Å². The number of H-pyrrole nitrogens is 2. The average molecular weight is 400 g/mol. The zero-order valence-corrected chi connectivity index (χ0v) is 15.8. The van der Waals surface area contributed by atoms with Crippen LogP contribution in [0.5, 0.6) is 0 Å². The summed E-state index contributed by atoms with van der Waals surface area (Å²) in [6, 6.07) is 12.4. The van der Waals surface area contributed by atoms with Gasteiger partial charge in [-0.25, -0.2) is 13.2 Å². The van der Waals surface area contributed by atoms with Crippen LogP contribution in [0.1, 0.15) is 19.3 Å². The molecular formula is C19H20N4O4S. The molecule has 0 aliphatic carbocycles. The molecule has 1 aliphatic rings. The SMILES string of the molecule is O=C(Nc1ccc2[nH]c(=O)[nH]c2c1)C1CCCCN1S(=O)(=O)c1ccccc1. The van der Waals surface area contributed by atoms with Gasteiger partial charge in [0, 0.05) is 12.2 Å². The summed E-state index contributed by atoms with van der Waals surface area (Å²) in [5.41, 5.74) is 1.37. The number of aromatic amines is 2. The van der Waals surface area contributed by atoms with Gasteiger partial charge in [-0.1, -0.05) is 24.6 Å². The number of piperidine rings is 1. The van der Waals surface area contributed by atoms with Crippen molar-refractivity contribution in [3.05, 3.63) is 59.0 Å². The highest BCUT2D eigenvalue weighted by Crippen LogP contribution is 2.26. The number of carbonyl (C=O) groups is 1. The first-order valence-electron chi connectivity index (χ1n) is 9.05. The molecule has 1 aliphatic heterocycles. The number of aromatic nitrogens is 2. The Balaban J connectivity index is 1.59. The number of fused-ring (bicyclic) bond motifs is 1. The van der Waals surface area contributed by atoms with Crippen molar-refractivity contribution in [1.82, 2.24) is 14.3 Å². The third-order valence-corrected chi connectivity index (χ3v) is 6.81. The standard InChI is InChI=1S/C19H20N4O4S/c24-18(20-13-9-10-15-16(12-13)22-19(25)21-15)17-8-4-5-11-23(17)28(26,27)14-6-2-1-3-7-14/h1-3,6-7,9-10,12,17H,4-5,8,11H2,(H,20,24)(H2,21,22,25). The first kappa shape index (κ1) is 18.5. The first-order valence-corrected chi connectivity index (χ1v) is 10.5. The summed E-state index contributed by atoms with van der Waals surface area (Å²) in [5, 5.41) is 2.79. The van der Waals surface area contributed by atoms with E-state index < -0.39 is 16.1 Å². The highest BCUT2D eigenvalue weighted by Gasteiger charge is 2.37. The topological polar surface area (TPSA) is 115 Å². The number of nitrogens with one attached hydrogen (secondary N) is 3. The normalized spacial score (nSPS) is 18.2. The number of carbonyl (C=O) groups excluding carboxylic acids is 1. The van der Waals surface area contributed by atoms with Crippen molar-refractivity contribution in [3.63, 3.8) is 0 Å². The van der Waals surface area contributed by atoms with Gasteiger partial charge in [0.25, 0.3) is 0 Å². The lowest BCUT2D eigenvalue weighted by atomic mass is 10.0. The molecule has 0 saturated carbocycles. The predicted octanol–water partition coefficient (Wildman–Crippen LogP) is 2.04. The number of amides is 1. The first-order chi connectivity index (χ1) is 13.4. The van der Waals surface area contributed by atoms with Crippen LogP contribution in [0.4, 0.5) is 5.69 Å². The molecule has 1 unspecified atom stereocenters. The number of benzene rings is 2. The molecule has 0 radical (unpaired) electrons. The number of hydrogen-bond donors (Lipinski definition) is 3. The molecule has 8 nitrogen and oxygen atoms in total. The molecule has 1 amide bonds. The molecule has 2 aromatic carbocycles. The van der Waals surface area contributed by atoms with Crippen LogP contribution >= 0.6 is 0 Å². The summed E-state index contributed by atoms with van der Waals surface area (Å²) in [6.07, 6.45) is 1.95. The fourth-order valence-corrected chi connectivity index (χ4v) is 5.20. The average Bonchev–Trinajstić information content (AvgIpc) is 3.08. The van der Waals surface area contributed by atoms with Crippen LogP contribution in [0.15, 0.2) is 58.2 Å². The van der Waals surface area contributed by atoms with Gasteiger partial charge >= 0.3 is 5.69 Å². The highest BCUT2D eigenvalue weighted by molar-refractivity contribution is 7.89. The molecule has 1 saturated heterocycles. The highest BCUT2D eigenvalue weighted by atomic mass is 32.2. The van der Waals surface area contributed by atoms with Crippen molar-refractivity contribution in [2.45, 2.75) is 30.2 Å². The fourth-order valence-electron chi connectivity index (χ4n) is 3.52. The third-order valence-electron chi connectivity index (χ3n) is 4.89. The van der Waals surface area contributed by atoms with Gasteiger partial charge in [0.15, 0.2) is 0 Å². The van der Waals surface area contributed by atoms with Crippen molar-refractivity contribution in [3.8, 4) is 0 Å².